The largest absolute Gasteiger partial charge is 0.493 e. The molecule has 1 rings (SSSR count). The van der Waals surface area contributed by atoms with E-state index in [4.69, 9.17) is 9.47 Å². The highest BCUT2D eigenvalue weighted by Crippen LogP contribution is 2.30. The second-order valence-corrected chi connectivity index (χ2v) is 5.28. The molecule has 0 aromatic heterocycles. The molecule has 0 atom stereocenters. The van der Waals surface area contributed by atoms with Crippen LogP contribution in [0.5, 0.6) is 11.5 Å². The maximum absolute atomic E-state index is 11.6. The number of carbonyl (C=O) groups is 1. The third kappa shape index (κ3) is 7.78. The van der Waals surface area contributed by atoms with Crippen molar-refractivity contribution in [3.05, 3.63) is 18.2 Å². The maximum atomic E-state index is 11.6. The predicted octanol–water partition coefficient (Wildman–Crippen LogP) is 2.39. The van der Waals surface area contributed by atoms with E-state index in [2.05, 4.69) is 20.9 Å². The molecule has 140 valence electrons. The number of amides is 1. The van der Waals surface area contributed by atoms with Gasteiger partial charge in [0.05, 0.1) is 20.3 Å². The molecule has 0 aliphatic carbocycles. The van der Waals surface area contributed by atoms with Crippen LogP contribution in [-0.4, -0.2) is 45.2 Å². The molecule has 0 spiro atoms. The van der Waals surface area contributed by atoms with E-state index >= 15 is 0 Å². The second kappa shape index (κ2) is 12.0. The Hall–Kier alpha value is -2.44. The van der Waals surface area contributed by atoms with E-state index in [1.165, 1.54) is 0 Å². The summed E-state index contributed by atoms with van der Waals surface area (Å²) in [5, 5.41) is 9.22. The molecule has 0 radical (unpaired) electrons. The van der Waals surface area contributed by atoms with Gasteiger partial charge in [0.15, 0.2) is 17.5 Å². The molecule has 0 bridgehead atoms. The highest BCUT2D eigenvalue weighted by atomic mass is 16.5. The van der Waals surface area contributed by atoms with Gasteiger partial charge in [-0.25, -0.2) is 0 Å². The molecule has 3 N–H and O–H groups in total. The molecule has 0 aliphatic heterocycles. The van der Waals surface area contributed by atoms with Crippen LogP contribution in [0.25, 0.3) is 0 Å². The van der Waals surface area contributed by atoms with Gasteiger partial charge in [-0.05, 0) is 32.4 Å². The van der Waals surface area contributed by atoms with Gasteiger partial charge in [-0.2, -0.15) is 0 Å². The number of nitrogens with zero attached hydrogens (tertiary/aromatic N) is 1. The van der Waals surface area contributed by atoms with Crippen molar-refractivity contribution in [1.29, 1.82) is 0 Å². The monoisotopic (exact) mass is 350 g/mol. The van der Waals surface area contributed by atoms with Crippen molar-refractivity contribution in [3.63, 3.8) is 0 Å². The van der Waals surface area contributed by atoms with E-state index in [1.54, 1.807) is 7.11 Å². The zero-order chi connectivity index (χ0) is 18.5. The van der Waals surface area contributed by atoms with E-state index < -0.39 is 0 Å². The Bertz CT molecular complexity index is 561. The smallest absolute Gasteiger partial charge is 0.221 e. The van der Waals surface area contributed by atoms with E-state index in [0.717, 1.165) is 18.7 Å². The summed E-state index contributed by atoms with van der Waals surface area (Å²) >= 11 is 0. The molecule has 25 heavy (non-hydrogen) atoms. The van der Waals surface area contributed by atoms with E-state index in [9.17, 15) is 4.79 Å². The number of carbonyl (C=O) groups excluding carboxylic acids is 1. The Morgan fingerprint density at radius 3 is 2.60 bits per heavy atom. The Morgan fingerprint density at radius 2 is 1.96 bits per heavy atom. The summed E-state index contributed by atoms with van der Waals surface area (Å²) in [7, 11) is 1.61. The fraction of sp³-hybridized carbons (Fsp3) is 0.556. The first-order valence-electron chi connectivity index (χ1n) is 8.77. The first-order valence-corrected chi connectivity index (χ1v) is 8.77. The van der Waals surface area contributed by atoms with Crippen molar-refractivity contribution in [2.24, 2.45) is 4.99 Å². The van der Waals surface area contributed by atoms with Crippen molar-refractivity contribution in [2.45, 2.75) is 33.6 Å². The molecule has 1 aromatic rings. The molecule has 0 fully saturated rings. The van der Waals surface area contributed by atoms with Crippen LogP contribution in [0, 0.1) is 0 Å². The molecule has 0 heterocycles. The lowest BCUT2D eigenvalue weighted by Crippen LogP contribution is -2.31. The molecular formula is C18H30N4O3. The minimum Gasteiger partial charge on any atom is -0.493 e. The number of nitrogens with one attached hydrogen (secondary N) is 3. The van der Waals surface area contributed by atoms with Gasteiger partial charge in [-0.15, -0.1) is 0 Å². The molecule has 7 heteroatoms. The number of guanidine groups is 1. The molecule has 7 nitrogen and oxygen atoms in total. The lowest BCUT2D eigenvalue weighted by atomic mass is 10.2. The van der Waals surface area contributed by atoms with Gasteiger partial charge in [-0.3, -0.25) is 9.79 Å². The normalized spacial score (nSPS) is 11.0. The Balaban J connectivity index is 2.71. The molecule has 1 aromatic carbocycles. The van der Waals surface area contributed by atoms with Gasteiger partial charge in [-0.1, -0.05) is 6.92 Å². The molecule has 1 amide bonds. The number of aliphatic imine (C=N–C) groups is 1. The molecule has 0 unspecified atom stereocenters. The number of ether oxygens (including phenoxy) is 2. The van der Waals surface area contributed by atoms with Crippen LogP contribution in [0.1, 0.15) is 33.6 Å². The number of hydrogen-bond donors (Lipinski definition) is 3. The summed E-state index contributed by atoms with van der Waals surface area (Å²) < 4.78 is 10.9. The number of anilines is 1. The van der Waals surface area contributed by atoms with Crippen molar-refractivity contribution in [1.82, 2.24) is 10.6 Å². The summed E-state index contributed by atoms with van der Waals surface area (Å²) in [6.07, 6.45) is 1.29. The number of benzene rings is 1. The van der Waals surface area contributed by atoms with E-state index in [0.29, 0.717) is 43.6 Å². The highest BCUT2D eigenvalue weighted by Gasteiger charge is 2.07. The quantitative estimate of drug-likeness (QED) is 0.446. The standard InChI is InChI=1S/C18H30N4O3/c1-5-11-20-17(23)10-12-21-18(19-6-2)22-14-8-9-15(24-4)16(13-14)25-7-3/h8-9,13H,5-7,10-12H2,1-4H3,(H,20,23)(H2,19,21,22). The fourth-order valence-electron chi connectivity index (χ4n) is 2.09. The third-order valence-corrected chi connectivity index (χ3v) is 3.25. The van der Waals surface area contributed by atoms with Crippen LogP contribution in [0.3, 0.4) is 0 Å². The predicted molar refractivity (Wildman–Crippen MR) is 102 cm³/mol. The number of hydrogen-bond acceptors (Lipinski definition) is 4. The topological polar surface area (TPSA) is 84.0 Å². The van der Waals surface area contributed by atoms with Crippen LogP contribution in [0.2, 0.25) is 0 Å². The van der Waals surface area contributed by atoms with Gasteiger partial charge in [0.2, 0.25) is 5.91 Å². The molecule has 0 saturated carbocycles. The van der Waals surface area contributed by atoms with Crippen LogP contribution in [0.15, 0.2) is 23.2 Å². The fourth-order valence-corrected chi connectivity index (χ4v) is 2.09. The highest BCUT2D eigenvalue weighted by molar-refractivity contribution is 5.94. The number of rotatable bonds is 10. The molecular weight excluding hydrogens is 320 g/mol. The summed E-state index contributed by atoms with van der Waals surface area (Å²) in [5.74, 6) is 2.00. The summed E-state index contributed by atoms with van der Waals surface area (Å²) in [4.78, 5) is 16.1. The van der Waals surface area contributed by atoms with Gasteiger partial charge in [0.25, 0.3) is 0 Å². The summed E-state index contributed by atoms with van der Waals surface area (Å²) in [5.41, 5.74) is 0.833. The Kier molecular flexibility index (Phi) is 9.89. The second-order valence-electron chi connectivity index (χ2n) is 5.28. The summed E-state index contributed by atoms with van der Waals surface area (Å²) in [6, 6.07) is 5.60. The Morgan fingerprint density at radius 1 is 1.16 bits per heavy atom. The third-order valence-electron chi connectivity index (χ3n) is 3.25. The van der Waals surface area contributed by atoms with Crippen LogP contribution >= 0.6 is 0 Å². The van der Waals surface area contributed by atoms with Crippen molar-refractivity contribution >= 4 is 17.6 Å². The zero-order valence-corrected chi connectivity index (χ0v) is 15.6. The minimum atomic E-state index is 0.0181. The lowest BCUT2D eigenvalue weighted by molar-refractivity contribution is -0.120. The molecule has 0 saturated heterocycles. The average molecular weight is 350 g/mol. The van der Waals surface area contributed by atoms with Crippen molar-refractivity contribution in [3.8, 4) is 11.5 Å². The Labute approximate surface area is 150 Å². The van der Waals surface area contributed by atoms with Gasteiger partial charge >= 0.3 is 0 Å². The molecule has 0 aliphatic rings. The SMILES string of the molecule is CCCNC(=O)CCN=C(NCC)Nc1ccc(OC)c(OCC)c1. The van der Waals surface area contributed by atoms with E-state index in [1.807, 2.05) is 39.0 Å². The summed E-state index contributed by atoms with van der Waals surface area (Å²) in [6.45, 7) is 8.34. The average Bonchev–Trinajstić information content (AvgIpc) is 2.60. The van der Waals surface area contributed by atoms with E-state index in [-0.39, 0.29) is 5.91 Å². The van der Waals surface area contributed by atoms with Crippen LogP contribution in [-0.2, 0) is 4.79 Å². The van der Waals surface area contributed by atoms with Crippen LogP contribution in [0.4, 0.5) is 5.69 Å². The van der Waals surface area contributed by atoms with Crippen molar-refractivity contribution in [2.75, 3.05) is 38.7 Å². The minimum absolute atomic E-state index is 0.0181. The van der Waals surface area contributed by atoms with Gasteiger partial charge < -0.3 is 25.4 Å². The van der Waals surface area contributed by atoms with Crippen molar-refractivity contribution < 1.29 is 14.3 Å². The number of methoxy groups -OCH3 is 1. The van der Waals surface area contributed by atoms with Gasteiger partial charge in [0.1, 0.15) is 0 Å². The maximum Gasteiger partial charge on any atom is 0.221 e. The van der Waals surface area contributed by atoms with Crippen LogP contribution < -0.4 is 25.4 Å². The van der Waals surface area contributed by atoms with Gasteiger partial charge in [0, 0.05) is 31.3 Å². The lowest BCUT2D eigenvalue weighted by Gasteiger charge is -2.14. The first kappa shape index (κ1) is 20.6. The first-order chi connectivity index (χ1) is 12.1. The zero-order valence-electron chi connectivity index (χ0n) is 15.6.